The van der Waals surface area contributed by atoms with Gasteiger partial charge in [0.25, 0.3) is 0 Å². The molecule has 1 aromatic heterocycles. The maximum atomic E-state index is 9.57. The van der Waals surface area contributed by atoms with Gasteiger partial charge in [-0.25, -0.2) is 4.98 Å². The highest BCUT2D eigenvalue weighted by molar-refractivity contribution is 9.10. The normalized spacial score (nSPS) is 11.0. The molecule has 5 nitrogen and oxygen atoms in total. The predicted octanol–water partition coefficient (Wildman–Crippen LogP) is 5.87. The van der Waals surface area contributed by atoms with Gasteiger partial charge in [-0.05, 0) is 48.9 Å². The molecule has 0 aliphatic heterocycles. The monoisotopic (exact) mass is 455 g/mol. The van der Waals surface area contributed by atoms with Crippen molar-refractivity contribution in [2.24, 2.45) is 0 Å². The van der Waals surface area contributed by atoms with Gasteiger partial charge in [-0.1, -0.05) is 15.9 Å². The molecule has 3 rings (SSSR count). The van der Waals surface area contributed by atoms with Crippen molar-refractivity contribution in [2.75, 3.05) is 19.5 Å². The average molecular weight is 456 g/mol. The molecule has 28 heavy (non-hydrogen) atoms. The molecule has 1 heterocycles. The number of aryl methyl sites for hydroxylation is 1. The van der Waals surface area contributed by atoms with Crippen molar-refractivity contribution in [2.45, 2.75) is 6.92 Å². The Labute approximate surface area is 176 Å². The number of thiazole rings is 1. The molecule has 0 radical (unpaired) electrons. The lowest BCUT2D eigenvalue weighted by molar-refractivity contribution is 0.355. The van der Waals surface area contributed by atoms with Gasteiger partial charge in [0.1, 0.15) is 16.6 Å². The van der Waals surface area contributed by atoms with E-state index in [1.54, 1.807) is 20.4 Å². The molecule has 0 atom stereocenters. The largest absolute Gasteiger partial charge is 0.493 e. The lowest BCUT2D eigenvalue weighted by atomic mass is 10.1. The Hall–Kier alpha value is -2.82. The molecule has 142 valence electrons. The second kappa shape index (κ2) is 8.91. The highest BCUT2D eigenvalue weighted by Crippen LogP contribution is 2.33. The molecule has 0 aliphatic rings. The fourth-order valence-electron chi connectivity index (χ4n) is 2.61. The zero-order chi connectivity index (χ0) is 20.1. The van der Waals surface area contributed by atoms with Gasteiger partial charge in [-0.3, -0.25) is 0 Å². The molecule has 0 fully saturated rings. The number of nitrogens with one attached hydrogen (secondary N) is 1. The van der Waals surface area contributed by atoms with Gasteiger partial charge in [0.2, 0.25) is 0 Å². The zero-order valence-electron chi connectivity index (χ0n) is 15.6. The number of aromatic nitrogens is 1. The van der Waals surface area contributed by atoms with Crippen LogP contribution in [-0.2, 0) is 0 Å². The van der Waals surface area contributed by atoms with E-state index in [1.807, 2.05) is 48.7 Å². The third-order valence-electron chi connectivity index (χ3n) is 4.09. The highest BCUT2D eigenvalue weighted by atomic mass is 79.9. The van der Waals surface area contributed by atoms with Crippen molar-refractivity contribution in [3.8, 4) is 28.8 Å². The van der Waals surface area contributed by atoms with E-state index in [0.717, 1.165) is 27.0 Å². The number of benzene rings is 2. The maximum absolute atomic E-state index is 9.57. The van der Waals surface area contributed by atoms with Gasteiger partial charge in [0.05, 0.1) is 19.9 Å². The maximum Gasteiger partial charge on any atom is 0.161 e. The second-order valence-electron chi connectivity index (χ2n) is 5.88. The summed E-state index contributed by atoms with van der Waals surface area (Å²) in [7, 11) is 3.20. The van der Waals surface area contributed by atoms with E-state index in [2.05, 4.69) is 32.3 Å². The van der Waals surface area contributed by atoms with Crippen LogP contribution in [0.4, 0.5) is 5.69 Å². The van der Waals surface area contributed by atoms with Crippen LogP contribution in [0.5, 0.6) is 11.5 Å². The minimum Gasteiger partial charge on any atom is -0.493 e. The van der Waals surface area contributed by atoms with Crippen molar-refractivity contribution in [1.82, 2.24) is 4.98 Å². The van der Waals surface area contributed by atoms with Crippen molar-refractivity contribution >= 4 is 38.5 Å². The SMILES string of the molecule is COc1ccc(-c2csc(/C(C#N)=C/Nc3ccc(Br)cc3C)n2)cc1OC. The van der Waals surface area contributed by atoms with Crippen LogP contribution in [-0.4, -0.2) is 19.2 Å². The Morgan fingerprint density at radius 2 is 1.96 bits per heavy atom. The van der Waals surface area contributed by atoms with Gasteiger partial charge >= 0.3 is 0 Å². The van der Waals surface area contributed by atoms with Crippen LogP contribution in [0.3, 0.4) is 0 Å². The Morgan fingerprint density at radius 3 is 2.64 bits per heavy atom. The summed E-state index contributed by atoms with van der Waals surface area (Å²) in [6.07, 6.45) is 1.69. The number of hydrogen-bond donors (Lipinski definition) is 1. The van der Waals surface area contributed by atoms with E-state index in [-0.39, 0.29) is 0 Å². The number of hydrogen-bond acceptors (Lipinski definition) is 6. The average Bonchev–Trinajstić information content (AvgIpc) is 3.19. The summed E-state index contributed by atoms with van der Waals surface area (Å²) in [5.41, 5.74) is 4.16. The molecule has 0 aliphatic carbocycles. The molecule has 0 bridgehead atoms. The van der Waals surface area contributed by atoms with Crippen LogP contribution in [0.25, 0.3) is 16.8 Å². The number of nitrogens with zero attached hydrogens (tertiary/aromatic N) is 2. The molecule has 0 saturated heterocycles. The topological polar surface area (TPSA) is 67.2 Å². The van der Waals surface area contributed by atoms with Crippen LogP contribution < -0.4 is 14.8 Å². The smallest absolute Gasteiger partial charge is 0.161 e. The van der Waals surface area contributed by atoms with Gasteiger partial charge < -0.3 is 14.8 Å². The molecule has 0 saturated carbocycles. The van der Waals surface area contributed by atoms with Crippen molar-refractivity contribution < 1.29 is 9.47 Å². The summed E-state index contributed by atoms with van der Waals surface area (Å²) in [5.74, 6) is 1.30. The highest BCUT2D eigenvalue weighted by Gasteiger charge is 2.12. The molecule has 0 unspecified atom stereocenters. The van der Waals surface area contributed by atoms with Crippen LogP contribution in [0.2, 0.25) is 0 Å². The number of methoxy groups -OCH3 is 2. The van der Waals surface area contributed by atoms with Crippen molar-refractivity contribution in [1.29, 1.82) is 5.26 Å². The Kier molecular flexibility index (Phi) is 6.34. The fraction of sp³-hybridized carbons (Fsp3) is 0.143. The fourth-order valence-corrected chi connectivity index (χ4v) is 3.88. The van der Waals surface area contributed by atoms with Crippen LogP contribution in [0, 0.1) is 18.3 Å². The molecule has 0 spiro atoms. The summed E-state index contributed by atoms with van der Waals surface area (Å²) in [6.45, 7) is 2.01. The van der Waals surface area contributed by atoms with E-state index >= 15 is 0 Å². The number of rotatable bonds is 6. The van der Waals surface area contributed by atoms with Crippen LogP contribution in [0.15, 0.2) is 52.5 Å². The standard InChI is InChI=1S/C21H18BrN3O2S/c1-13-8-16(22)5-6-17(13)24-11-15(10-23)21-25-18(12-28-21)14-4-7-19(26-2)20(9-14)27-3/h4-9,11-12,24H,1-3H3/b15-11+. The second-order valence-corrected chi connectivity index (χ2v) is 7.65. The Balaban J connectivity index is 1.86. The third kappa shape index (κ3) is 4.35. The van der Waals surface area contributed by atoms with E-state index in [0.29, 0.717) is 22.1 Å². The lowest BCUT2D eigenvalue weighted by Crippen LogP contribution is -1.93. The molecule has 0 amide bonds. The zero-order valence-corrected chi connectivity index (χ0v) is 18.0. The third-order valence-corrected chi connectivity index (χ3v) is 5.46. The first kappa shape index (κ1) is 19.9. The van der Waals surface area contributed by atoms with Crippen LogP contribution in [0.1, 0.15) is 10.6 Å². The molecular weight excluding hydrogens is 438 g/mol. The minimum absolute atomic E-state index is 0.471. The Bertz CT molecular complexity index is 1070. The first-order valence-corrected chi connectivity index (χ1v) is 10.0. The first-order chi connectivity index (χ1) is 13.5. The number of allylic oxidation sites excluding steroid dienone is 1. The first-order valence-electron chi connectivity index (χ1n) is 8.37. The number of nitriles is 1. The van der Waals surface area contributed by atoms with E-state index in [1.165, 1.54) is 11.3 Å². The number of anilines is 1. The Morgan fingerprint density at radius 1 is 1.18 bits per heavy atom. The predicted molar refractivity (Wildman–Crippen MR) is 117 cm³/mol. The molecule has 2 aromatic carbocycles. The van der Waals surface area contributed by atoms with E-state index < -0.39 is 0 Å². The van der Waals surface area contributed by atoms with Gasteiger partial charge in [-0.2, -0.15) is 5.26 Å². The minimum atomic E-state index is 0.471. The summed E-state index contributed by atoms with van der Waals surface area (Å²) in [5, 5.41) is 15.3. The van der Waals surface area contributed by atoms with Crippen molar-refractivity contribution in [3.05, 3.63) is 63.0 Å². The van der Waals surface area contributed by atoms with E-state index in [9.17, 15) is 5.26 Å². The molecular formula is C21H18BrN3O2S. The van der Waals surface area contributed by atoms with E-state index in [4.69, 9.17) is 9.47 Å². The summed E-state index contributed by atoms with van der Waals surface area (Å²) in [6, 6.07) is 13.8. The number of ether oxygens (including phenoxy) is 2. The number of halogens is 1. The molecule has 7 heteroatoms. The summed E-state index contributed by atoms with van der Waals surface area (Å²) < 4.78 is 11.6. The molecule has 1 N–H and O–H groups in total. The summed E-state index contributed by atoms with van der Waals surface area (Å²) >= 11 is 4.87. The van der Waals surface area contributed by atoms with Crippen molar-refractivity contribution in [3.63, 3.8) is 0 Å². The van der Waals surface area contributed by atoms with Gasteiger partial charge in [0.15, 0.2) is 11.5 Å². The van der Waals surface area contributed by atoms with Crippen LogP contribution >= 0.6 is 27.3 Å². The van der Waals surface area contributed by atoms with Gasteiger partial charge in [-0.15, -0.1) is 11.3 Å². The lowest BCUT2D eigenvalue weighted by Gasteiger charge is -2.08. The summed E-state index contributed by atoms with van der Waals surface area (Å²) in [4.78, 5) is 4.62. The molecule has 3 aromatic rings. The quantitative estimate of drug-likeness (QED) is 0.470. The van der Waals surface area contributed by atoms with Gasteiger partial charge in [0, 0.05) is 27.3 Å².